The quantitative estimate of drug-likeness (QED) is 0.187. The van der Waals surface area contributed by atoms with Crippen molar-refractivity contribution in [1.82, 2.24) is 10.6 Å². The Hall–Kier alpha value is -1.12. The molecule has 4 fully saturated rings. The molecule has 1 aliphatic heterocycles. The average molecular weight is 549 g/mol. The minimum absolute atomic E-state index is 0.0286. The van der Waals surface area contributed by atoms with E-state index >= 15 is 0 Å². The number of unbranched alkanes of at least 4 members (excludes halogenated alkanes) is 5. The van der Waals surface area contributed by atoms with Gasteiger partial charge in [-0.2, -0.15) is 0 Å². The van der Waals surface area contributed by atoms with Crippen molar-refractivity contribution < 1.29 is 24.0 Å². The molecule has 0 aromatic heterocycles. The van der Waals surface area contributed by atoms with Crippen LogP contribution in [0.3, 0.4) is 0 Å². The summed E-state index contributed by atoms with van der Waals surface area (Å²) in [6, 6.07) is -1.04. The minimum atomic E-state index is -1.04. The number of hydrogen-bond acceptors (Lipinski definition) is 5. The number of amides is 2. The first-order valence-electron chi connectivity index (χ1n) is 15.8. The second kappa shape index (κ2) is 12.8. The summed E-state index contributed by atoms with van der Waals surface area (Å²) < 4.78 is 13.2. The van der Waals surface area contributed by atoms with E-state index in [1.165, 1.54) is 32.1 Å². The summed E-state index contributed by atoms with van der Waals surface area (Å²) in [5.74, 6) is 0.430. The predicted octanol–water partition coefficient (Wildman–Crippen LogP) is 5.43. The van der Waals surface area contributed by atoms with Gasteiger partial charge in [-0.25, -0.2) is 0 Å². The maximum atomic E-state index is 13.5. The molecule has 3 N–H and O–H groups in total. The molecule has 3 saturated carbocycles. The van der Waals surface area contributed by atoms with Crippen LogP contribution >= 0.6 is 0 Å². The van der Waals surface area contributed by atoms with Gasteiger partial charge in [-0.15, -0.1) is 0 Å². The first kappa shape index (κ1) is 32.4. The van der Waals surface area contributed by atoms with E-state index in [9.17, 15) is 14.7 Å². The zero-order chi connectivity index (χ0) is 29.2. The van der Waals surface area contributed by atoms with E-state index in [0.29, 0.717) is 24.2 Å². The molecule has 0 unspecified atom stereocenters. The Balaban J connectivity index is 1.62. The number of rotatable bonds is 15. The smallest absolute Gasteiger partial charge is 0.404 e. The molecule has 2 amide bonds. The third kappa shape index (κ3) is 7.21. The molecule has 0 aromatic rings. The van der Waals surface area contributed by atoms with Crippen molar-refractivity contribution in [3.05, 3.63) is 0 Å². The molecule has 224 valence electrons. The van der Waals surface area contributed by atoms with Crippen LogP contribution in [0.15, 0.2) is 0 Å². The average Bonchev–Trinajstić information content (AvgIpc) is 3.20. The maximum Gasteiger partial charge on any atom is 0.481 e. The van der Waals surface area contributed by atoms with Crippen molar-refractivity contribution in [1.29, 1.82) is 0 Å². The zero-order valence-electron chi connectivity index (χ0n) is 26.3. The second-order valence-electron chi connectivity index (χ2n) is 14.7. The summed E-state index contributed by atoms with van der Waals surface area (Å²) in [7, 11) is -0.545. The van der Waals surface area contributed by atoms with E-state index in [4.69, 9.17) is 9.31 Å². The van der Waals surface area contributed by atoms with Crippen LogP contribution < -0.4 is 10.6 Å². The molecule has 1 heterocycles. The number of aliphatic hydroxyl groups is 1. The molecule has 39 heavy (non-hydrogen) atoms. The summed E-state index contributed by atoms with van der Waals surface area (Å²) in [4.78, 5) is 26.8. The Morgan fingerprint density at radius 1 is 1.03 bits per heavy atom. The summed E-state index contributed by atoms with van der Waals surface area (Å²) in [6.07, 6.45) is 9.55. The number of hydrogen-bond donors (Lipinski definition) is 3. The standard InChI is InChI=1S/C31H57BN2O5/c1-10-11-12-13-14-15-16-29(5,6)28(37)34-26(21(4)35)27(36)33-25(17-20(2)3)32-38-24-19-22-18-23(30(22,7)8)31(24,9)39-32/h20-26,35H,10-19H2,1-9H3,(H,33,36)(H,34,37)/t21-,22-,23-,24-,25+,26+,31+/m1/s1. The maximum absolute atomic E-state index is 13.5. The van der Waals surface area contributed by atoms with E-state index < -0.39 is 30.6 Å². The van der Waals surface area contributed by atoms with Gasteiger partial charge in [0.25, 0.3) is 0 Å². The van der Waals surface area contributed by atoms with E-state index in [1.807, 2.05) is 13.8 Å². The molecule has 0 radical (unpaired) electrons. The molecule has 8 heteroatoms. The molecular weight excluding hydrogens is 491 g/mol. The molecule has 0 aromatic carbocycles. The Morgan fingerprint density at radius 3 is 2.26 bits per heavy atom. The Bertz CT molecular complexity index is 847. The fourth-order valence-electron chi connectivity index (χ4n) is 7.29. The molecule has 0 spiro atoms. The fourth-order valence-corrected chi connectivity index (χ4v) is 7.29. The molecule has 7 atom stereocenters. The topological polar surface area (TPSA) is 96.9 Å². The van der Waals surface area contributed by atoms with Crippen molar-refractivity contribution in [3.63, 3.8) is 0 Å². The Morgan fingerprint density at radius 2 is 1.67 bits per heavy atom. The highest BCUT2D eigenvalue weighted by atomic mass is 16.7. The van der Waals surface area contributed by atoms with Crippen LogP contribution in [0.2, 0.25) is 0 Å². The normalized spacial score (nSPS) is 29.8. The van der Waals surface area contributed by atoms with Crippen molar-refractivity contribution in [2.75, 3.05) is 0 Å². The van der Waals surface area contributed by atoms with Gasteiger partial charge in [0.1, 0.15) is 6.04 Å². The molecular formula is C31H57BN2O5. The largest absolute Gasteiger partial charge is 0.481 e. The molecule has 7 nitrogen and oxygen atoms in total. The summed E-state index contributed by atoms with van der Waals surface area (Å²) in [5.41, 5.74) is -0.739. The Labute approximate surface area is 238 Å². The lowest BCUT2D eigenvalue weighted by Gasteiger charge is -2.64. The van der Waals surface area contributed by atoms with Crippen LogP contribution in [0.4, 0.5) is 0 Å². The summed E-state index contributed by atoms with van der Waals surface area (Å²) >= 11 is 0. The van der Waals surface area contributed by atoms with E-state index in [-0.39, 0.29) is 29.0 Å². The van der Waals surface area contributed by atoms with E-state index in [0.717, 1.165) is 25.7 Å². The van der Waals surface area contributed by atoms with Crippen LogP contribution in [0.5, 0.6) is 0 Å². The number of aliphatic hydroxyl groups excluding tert-OH is 1. The van der Waals surface area contributed by atoms with Gasteiger partial charge >= 0.3 is 7.12 Å². The van der Waals surface area contributed by atoms with Crippen LogP contribution in [0, 0.1) is 28.6 Å². The van der Waals surface area contributed by atoms with E-state index in [1.54, 1.807) is 6.92 Å². The first-order chi connectivity index (χ1) is 18.1. The predicted molar refractivity (Wildman–Crippen MR) is 157 cm³/mol. The Kier molecular flexibility index (Phi) is 10.6. The summed E-state index contributed by atoms with van der Waals surface area (Å²) in [5, 5.41) is 16.5. The molecule has 2 bridgehead atoms. The molecule has 3 aliphatic carbocycles. The molecule has 4 rings (SSSR count). The first-order valence-corrected chi connectivity index (χ1v) is 15.8. The van der Waals surface area contributed by atoms with Gasteiger partial charge in [-0.3, -0.25) is 9.59 Å². The van der Waals surface area contributed by atoms with Gasteiger partial charge in [0, 0.05) is 5.41 Å². The van der Waals surface area contributed by atoms with Crippen molar-refractivity contribution in [3.8, 4) is 0 Å². The number of nitrogens with one attached hydrogen (secondary N) is 2. The third-order valence-corrected chi connectivity index (χ3v) is 10.2. The van der Waals surface area contributed by atoms with E-state index in [2.05, 4.69) is 52.2 Å². The van der Waals surface area contributed by atoms with Crippen LogP contribution in [0.25, 0.3) is 0 Å². The fraction of sp³-hybridized carbons (Fsp3) is 0.935. The highest BCUT2D eigenvalue weighted by Gasteiger charge is 2.68. The van der Waals surface area contributed by atoms with Gasteiger partial charge in [0.15, 0.2) is 0 Å². The minimum Gasteiger partial charge on any atom is -0.404 e. The molecule has 4 aliphatic rings. The second-order valence-corrected chi connectivity index (χ2v) is 14.7. The van der Waals surface area contributed by atoms with Crippen molar-refractivity contribution in [2.24, 2.45) is 28.6 Å². The van der Waals surface area contributed by atoms with Gasteiger partial charge in [-0.05, 0) is 62.7 Å². The van der Waals surface area contributed by atoms with Crippen molar-refractivity contribution in [2.45, 2.75) is 156 Å². The summed E-state index contributed by atoms with van der Waals surface area (Å²) in [6.45, 7) is 18.7. The van der Waals surface area contributed by atoms with Gasteiger partial charge < -0.3 is 25.0 Å². The number of carbonyl (C=O) groups excluding carboxylic acids is 2. The van der Waals surface area contributed by atoms with Gasteiger partial charge in [0.2, 0.25) is 11.8 Å². The van der Waals surface area contributed by atoms with Gasteiger partial charge in [-0.1, -0.05) is 87.0 Å². The van der Waals surface area contributed by atoms with Crippen LogP contribution in [-0.4, -0.2) is 53.8 Å². The lowest BCUT2D eigenvalue weighted by Crippen LogP contribution is -2.65. The lowest BCUT2D eigenvalue weighted by atomic mass is 9.43. The number of carbonyl (C=O) groups is 2. The third-order valence-electron chi connectivity index (χ3n) is 10.2. The highest BCUT2D eigenvalue weighted by Crippen LogP contribution is 2.65. The highest BCUT2D eigenvalue weighted by molar-refractivity contribution is 6.48. The van der Waals surface area contributed by atoms with Crippen LogP contribution in [-0.2, 0) is 18.9 Å². The zero-order valence-corrected chi connectivity index (χ0v) is 26.3. The SMILES string of the molecule is CCCCCCCCC(C)(C)C(=O)N[C@H](C(=O)N[C@@H](CC(C)C)B1O[C@@H]2C[C@H]3C[C@H](C3(C)C)[C@]2(C)O1)[C@@H](C)O. The molecule has 1 saturated heterocycles. The monoisotopic (exact) mass is 548 g/mol. The van der Waals surface area contributed by atoms with Crippen LogP contribution in [0.1, 0.15) is 127 Å². The van der Waals surface area contributed by atoms with Gasteiger partial charge in [0.05, 0.1) is 23.8 Å². The van der Waals surface area contributed by atoms with Crippen molar-refractivity contribution >= 4 is 18.9 Å². The lowest BCUT2D eigenvalue weighted by molar-refractivity contribution is -0.199.